The van der Waals surface area contributed by atoms with Crippen LogP contribution in [0.25, 0.3) is 0 Å². The third kappa shape index (κ3) is 2.63. The second-order valence-corrected chi connectivity index (χ2v) is 6.05. The molecule has 2 fully saturated rings. The van der Waals surface area contributed by atoms with Crippen LogP contribution in [-0.4, -0.2) is 50.2 Å². The molecule has 0 saturated carbocycles. The van der Waals surface area contributed by atoms with Crippen molar-refractivity contribution in [2.24, 2.45) is 11.8 Å². The van der Waals surface area contributed by atoms with E-state index in [1.165, 1.54) is 0 Å². The molecule has 4 rings (SSSR count). The minimum Gasteiger partial charge on any atom is -0.486 e. The average molecular weight is 325 g/mol. The van der Waals surface area contributed by atoms with Gasteiger partial charge in [0.05, 0.1) is 5.56 Å². The lowest BCUT2D eigenvalue weighted by molar-refractivity contribution is 0.0633. The lowest BCUT2D eigenvalue weighted by Crippen LogP contribution is -2.43. The summed E-state index contributed by atoms with van der Waals surface area (Å²) >= 11 is 0. The van der Waals surface area contributed by atoms with Crippen LogP contribution in [0.15, 0.2) is 18.2 Å². The fourth-order valence-electron chi connectivity index (χ4n) is 3.63. The topological polar surface area (TPSA) is 50.8 Å². The van der Waals surface area contributed by atoms with Crippen molar-refractivity contribution in [3.8, 4) is 11.5 Å². The highest BCUT2D eigenvalue weighted by Crippen LogP contribution is 2.35. The van der Waals surface area contributed by atoms with E-state index in [1.807, 2.05) is 23.1 Å². The van der Waals surface area contributed by atoms with Crippen LogP contribution in [0.4, 0.5) is 0 Å². The number of carbonyl (C=O) groups excluding carboxylic acids is 1. The normalized spacial score (nSPS) is 26.1. The summed E-state index contributed by atoms with van der Waals surface area (Å²) in [6, 6.07) is 5.57. The molecular weight excluding hydrogens is 304 g/mol. The molecule has 5 nitrogen and oxygen atoms in total. The summed E-state index contributed by atoms with van der Waals surface area (Å²) in [6.07, 6.45) is 1.09. The molecule has 6 heteroatoms. The van der Waals surface area contributed by atoms with Gasteiger partial charge in [0.1, 0.15) is 13.2 Å². The molecule has 1 aromatic carbocycles. The van der Waals surface area contributed by atoms with Gasteiger partial charge >= 0.3 is 0 Å². The number of para-hydroxylation sites is 1. The highest BCUT2D eigenvalue weighted by atomic mass is 35.5. The second kappa shape index (κ2) is 6.34. The molecule has 0 radical (unpaired) electrons. The predicted molar refractivity (Wildman–Crippen MR) is 85.1 cm³/mol. The lowest BCUT2D eigenvalue weighted by atomic mass is 9.88. The molecule has 1 aromatic rings. The number of carbonyl (C=O) groups is 1. The van der Waals surface area contributed by atoms with Crippen LogP contribution in [0.3, 0.4) is 0 Å². The van der Waals surface area contributed by atoms with E-state index >= 15 is 0 Å². The second-order valence-electron chi connectivity index (χ2n) is 6.05. The Kier molecular flexibility index (Phi) is 4.45. The molecule has 3 aliphatic rings. The van der Waals surface area contributed by atoms with Gasteiger partial charge in [-0.25, -0.2) is 0 Å². The van der Waals surface area contributed by atoms with Crippen molar-refractivity contribution in [3.63, 3.8) is 0 Å². The highest BCUT2D eigenvalue weighted by Gasteiger charge is 2.35. The molecule has 3 aliphatic heterocycles. The van der Waals surface area contributed by atoms with Gasteiger partial charge in [-0.05, 0) is 43.5 Å². The number of likely N-dealkylation sites (tertiary alicyclic amines) is 1. The zero-order chi connectivity index (χ0) is 14.2. The first-order valence-corrected chi connectivity index (χ1v) is 7.71. The number of nitrogens with one attached hydrogen (secondary N) is 1. The van der Waals surface area contributed by atoms with E-state index in [1.54, 1.807) is 0 Å². The molecule has 1 N–H and O–H groups in total. The maximum atomic E-state index is 12.8. The predicted octanol–water partition coefficient (Wildman–Crippen LogP) is 1.56. The molecule has 2 saturated heterocycles. The van der Waals surface area contributed by atoms with E-state index in [0.29, 0.717) is 36.2 Å². The molecule has 3 heterocycles. The van der Waals surface area contributed by atoms with Crippen molar-refractivity contribution in [2.45, 2.75) is 6.42 Å². The van der Waals surface area contributed by atoms with Gasteiger partial charge < -0.3 is 19.7 Å². The van der Waals surface area contributed by atoms with E-state index in [4.69, 9.17) is 9.47 Å². The van der Waals surface area contributed by atoms with Crippen LogP contribution in [-0.2, 0) is 0 Å². The number of halogens is 1. The quantitative estimate of drug-likeness (QED) is 0.852. The van der Waals surface area contributed by atoms with Crippen molar-refractivity contribution in [1.29, 1.82) is 0 Å². The number of ether oxygens (including phenoxy) is 2. The zero-order valence-electron chi connectivity index (χ0n) is 12.4. The minimum atomic E-state index is 0. The molecule has 0 aliphatic carbocycles. The summed E-state index contributed by atoms with van der Waals surface area (Å²) < 4.78 is 11.2. The summed E-state index contributed by atoms with van der Waals surface area (Å²) in [5.41, 5.74) is 0.636. The highest BCUT2D eigenvalue weighted by molar-refractivity contribution is 5.98. The number of benzene rings is 1. The van der Waals surface area contributed by atoms with Crippen molar-refractivity contribution < 1.29 is 14.3 Å². The maximum Gasteiger partial charge on any atom is 0.257 e. The molecule has 120 valence electrons. The smallest absolute Gasteiger partial charge is 0.257 e. The molecule has 2 atom stereocenters. The van der Waals surface area contributed by atoms with Gasteiger partial charge in [-0.1, -0.05) is 6.07 Å². The SMILES string of the molecule is Cl.O=C(c1cccc2c1OCCO2)N1CCC2CNCC2C1. The van der Waals surface area contributed by atoms with Crippen LogP contribution in [0.2, 0.25) is 0 Å². The van der Waals surface area contributed by atoms with E-state index in [-0.39, 0.29) is 18.3 Å². The maximum absolute atomic E-state index is 12.8. The Morgan fingerprint density at radius 2 is 2.00 bits per heavy atom. The summed E-state index contributed by atoms with van der Waals surface area (Å²) in [7, 11) is 0. The first-order chi connectivity index (χ1) is 10.3. The summed E-state index contributed by atoms with van der Waals surface area (Å²) in [4.78, 5) is 14.8. The summed E-state index contributed by atoms with van der Waals surface area (Å²) in [6.45, 7) is 4.87. The number of nitrogens with zero attached hydrogens (tertiary/aromatic N) is 1. The largest absolute Gasteiger partial charge is 0.486 e. The third-order valence-electron chi connectivity index (χ3n) is 4.79. The molecular formula is C16H21ClN2O3. The Morgan fingerprint density at radius 1 is 1.18 bits per heavy atom. The van der Waals surface area contributed by atoms with Crippen molar-refractivity contribution in [1.82, 2.24) is 10.2 Å². The first-order valence-electron chi connectivity index (χ1n) is 7.71. The number of amides is 1. The zero-order valence-corrected chi connectivity index (χ0v) is 13.2. The van der Waals surface area contributed by atoms with Crippen LogP contribution in [0.5, 0.6) is 11.5 Å². The van der Waals surface area contributed by atoms with Gasteiger partial charge in [-0.3, -0.25) is 4.79 Å². The van der Waals surface area contributed by atoms with E-state index in [2.05, 4.69) is 5.32 Å². The van der Waals surface area contributed by atoms with Gasteiger partial charge in [0.25, 0.3) is 5.91 Å². The number of fused-ring (bicyclic) bond motifs is 2. The van der Waals surface area contributed by atoms with Gasteiger partial charge in [-0.2, -0.15) is 0 Å². The van der Waals surface area contributed by atoms with Crippen LogP contribution in [0, 0.1) is 11.8 Å². The van der Waals surface area contributed by atoms with Crippen LogP contribution in [0.1, 0.15) is 16.8 Å². The van der Waals surface area contributed by atoms with E-state index in [0.717, 1.165) is 38.5 Å². The standard InChI is InChI=1S/C16H20N2O3.ClH/c19-16(18-5-4-11-8-17-9-12(11)10-18)13-2-1-3-14-15(13)21-7-6-20-14;/h1-3,11-12,17H,4-10H2;1H. The van der Waals surface area contributed by atoms with Crippen molar-refractivity contribution >= 4 is 18.3 Å². The first kappa shape index (κ1) is 15.4. The van der Waals surface area contributed by atoms with Gasteiger partial charge in [0.2, 0.25) is 0 Å². The van der Waals surface area contributed by atoms with Crippen molar-refractivity contribution in [3.05, 3.63) is 23.8 Å². The van der Waals surface area contributed by atoms with Crippen LogP contribution >= 0.6 is 12.4 Å². The van der Waals surface area contributed by atoms with E-state index < -0.39 is 0 Å². The molecule has 2 unspecified atom stereocenters. The Labute approximate surface area is 136 Å². The summed E-state index contributed by atoms with van der Waals surface area (Å²) in [5.74, 6) is 2.70. The monoisotopic (exact) mass is 324 g/mol. The van der Waals surface area contributed by atoms with Crippen LogP contribution < -0.4 is 14.8 Å². The van der Waals surface area contributed by atoms with Gasteiger partial charge in [-0.15, -0.1) is 12.4 Å². The average Bonchev–Trinajstić information content (AvgIpc) is 3.01. The fourth-order valence-corrected chi connectivity index (χ4v) is 3.63. The third-order valence-corrected chi connectivity index (χ3v) is 4.79. The van der Waals surface area contributed by atoms with Gasteiger partial charge in [0.15, 0.2) is 11.5 Å². The molecule has 22 heavy (non-hydrogen) atoms. The number of piperidine rings is 1. The molecule has 0 bridgehead atoms. The van der Waals surface area contributed by atoms with E-state index in [9.17, 15) is 4.79 Å². The fraction of sp³-hybridized carbons (Fsp3) is 0.562. The Balaban J connectivity index is 0.00000144. The summed E-state index contributed by atoms with van der Waals surface area (Å²) in [5, 5.41) is 3.43. The minimum absolute atomic E-state index is 0. The number of hydrogen-bond donors (Lipinski definition) is 1. The van der Waals surface area contributed by atoms with Crippen molar-refractivity contribution in [2.75, 3.05) is 39.4 Å². The molecule has 1 amide bonds. The molecule has 0 aromatic heterocycles. The van der Waals surface area contributed by atoms with Gasteiger partial charge in [0, 0.05) is 13.1 Å². The number of hydrogen-bond acceptors (Lipinski definition) is 4. The Bertz CT molecular complexity index is 566. The lowest BCUT2D eigenvalue weighted by Gasteiger charge is -2.35. The Hall–Kier alpha value is -1.46. The Morgan fingerprint density at radius 3 is 2.91 bits per heavy atom. The number of rotatable bonds is 1. The molecule has 0 spiro atoms.